The molecule has 0 saturated carbocycles. The molecule has 156 valence electrons. The smallest absolute Gasteiger partial charge is 0.222 e. The normalized spacial score (nSPS) is 16.8. The van der Waals surface area contributed by atoms with Crippen molar-refractivity contribution in [3.8, 4) is 11.5 Å². The van der Waals surface area contributed by atoms with Crippen LogP contribution in [-0.4, -0.2) is 42.1 Å². The molecule has 2 aliphatic heterocycles. The zero-order chi connectivity index (χ0) is 20.5. The summed E-state index contributed by atoms with van der Waals surface area (Å²) in [7, 11) is 0. The zero-order valence-electron chi connectivity index (χ0n) is 16.6. The van der Waals surface area contributed by atoms with E-state index in [2.05, 4.69) is 4.98 Å². The number of rotatable bonds is 4. The van der Waals surface area contributed by atoms with E-state index in [0.717, 1.165) is 60.0 Å². The molecule has 0 unspecified atom stereocenters. The number of halogens is 1. The van der Waals surface area contributed by atoms with Gasteiger partial charge in [-0.25, -0.2) is 4.98 Å². The van der Waals surface area contributed by atoms with Crippen molar-refractivity contribution < 1.29 is 18.7 Å². The first-order valence-electron chi connectivity index (χ1n) is 10.4. The van der Waals surface area contributed by atoms with Crippen molar-refractivity contribution in [3.05, 3.63) is 52.9 Å². The van der Waals surface area contributed by atoms with E-state index in [1.54, 1.807) is 0 Å². The molecule has 3 heterocycles. The molecular formula is C23H23ClN2O4. The Kier molecular flexibility index (Phi) is 5.25. The van der Waals surface area contributed by atoms with Crippen LogP contribution in [0, 0.1) is 0 Å². The highest BCUT2D eigenvalue weighted by atomic mass is 35.5. The molecule has 1 saturated heterocycles. The largest absolute Gasteiger partial charge is 0.486 e. The van der Waals surface area contributed by atoms with E-state index >= 15 is 0 Å². The van der Waals surface area contributed by atoms with Crippen LogP contribution in [0.1, 0.15) is 36.6 Å². The maximum Gasteiger partial charge on any atom is 0.222 e. The van der Waals surface area contributed by atoms with E-state index in [9.17, 15) is 4.79 Å². The Bertz CT molecular complexity index is 1070. The molecule has 2 aromatic carbocycles. The van der Waals surface area contributed by atoms with Crippen LogP contribution >= 0.6 is 11.6 Å². The van der Waals surface area contributed by atoms with Crippen molar-refractivity contribution >= 4 is 28.6 Å². The lowest BCUT2D eigenvalue weighted by atomic mass is 9.96. The van der Waals surface area contributed by atoms with E-state index in [-0.39, 0.29) is 11.8 Å². The van der Waals surface area contributed by atoms with Gasteiger partial charge in [-0.2, -0.15) is 0 Å². The number of nitrogens with zero attached hydrogens (tertiary/aromatic N) is 2. The Balaban J connectivity index is 1.15. The first-order chi connectivity index (χ1) is 14.7. The predicted octanol–water partition coefficient (Wildman–Crippen LogP) is 4.59. The van der Waals surface area contributed by atoms with Crippen LogP contribution < -0.4 is 9.47 Å². The molecule has 1 aromatic heterocycles. The molecule has 1 fully saturated rings. The summed E-state index contributed by atoms with van der Waals surface area (Å²) in [5.41, 5.74) is 2.63. The summed E-state index contributed by atoms with van der Waals surface area (Å²) < 4.78 is 17.1. The summed E-state index contributed by atoms with van der Waals surface area (Å²) in [6.07, 6.45) is 2.90. The van der Waals surface area contributed by atoms with Crippen LogP contribution in [0.5, 0.6) is 11.5 Å². The van der Waals surface area contributed by atoms with Crippen molar-refractivity contribution in [1.82, 2.24) is 9.88 Å². The lowest BCUT2D eigenvalue weighted by Crippen LogP contribution is -2.38. The van der Waals surface area contributed by atoms with Gasteiger partial charge in [0.2, 0.25) is 5.91 Å². The first kappa shape index (κ1) is 19.2. The van der Waals surface area contributed by atoms with Gasteiger partial charge in [0.05, 0.1) is 0 Å². The van der Waals surface area contributed by atoms with Crippen LogP contribution in [0.25, 0.3) is 11.1 Å². The topological polar surface area (TPSA) is 64.8 Å². The maximum absolute atomic E-state index is 12.7. The third kappa shape index (κ3) is 3.97. The standard InChI is InChI=1S/C23H23ClN2O4/c24-17-3-5-19-18(14-17)25-23(30-19)16-7-9-26(10-8-16)22(27)6-2-15-1-4-20-21(13-15)29-12-11-28-20/h1,3-5,13-14,16H,2,6-12H2. The Morgan fingerprint density at radius 2 is 1.87 bits per heavy atom. The molecule has 0 spiro atoms. The SMILES string of the molecule is O=C(CCc1ccc2c(c1)OCCO2)N1CCC(c2nc3cc(Cl)ccc3o2)CC1. The fourth-order valence-corrected chi connectivity index (χ4v) is 4.29. The van der Waals surface area contributed by atoms with Gasteiger partial charge in [0, 0.05) is 30.5 Å². The Morgan fingerprint density at radius 3 is 2.70 bits per heavy atom. The summed E-state index contributed by atoms with van der Waals surface area (Å²) >= 11 is 6.04. The number of likely N-dealkylation sites (tertiary alicyclic amines) is 1. The number of aromatic nitrogens is 1. The molecule has 0 N–H and O–H groups in total. The van der Waals surface area contributed by atoms with Gasteiger partial charge in [0.15, 0.2) is 23.0 Å². The summed E-state index contributed by atoms with van der Waals surface area (Å²) in [5.74, 6) is 2.72. The molecule has 30 heavy (non-hydrogen) atoms. The predicted molar refractivity (Wildman–Crippen MR) is 113 cm³/mol. The van der Waals surface area contributed by atoms with Crippen LogP contribution in [0.2, 0.25) is 5.02 Å². The molecule has 0 radical (unpaired) electrons. The number of benzene rings is 2. The molecule has 1 amide bonds. The van der Waals surface area contributed by atoms with Crippen molar-refractivity contribution in [1.29, 1.82) is 0 Å². The highest BCUT2D eigenvalue weighted by molar-refractivity contribution is 6.31. The highest BCUT2D eigenvalue weighted by Crippen LogP contribution is 2.32. The average molecular weight is 427 g/mol. The molecule has 0 bridgehead atoms. The van der Waals surface area contributed by atoms with Gasteiger partial charge in [0.1, 0.15) is 18.7 Å². The number of ether oxygens (including phenoxy) is 2. The number of carbonyl (C=O) groups is 1. The Labute approximate surface area is 179 Å². The van der Waals surface area contributed by atoms with Crippen molar-refractivity contribution in [2.24, 2.45) is 0 Å². The van der Waals surface area contributed by atoms with E-state index in [4.69, 9.17) is 25.5 Å². The van der Waals surface area contributed by atoms with Gasteiger partial charge >= 0.3 is 0 Å². The lowest BCUT2D eigenvalue weighted by molar-refractivity contribution is -0.132. The second kappa shape index (κ2) is 8.19. The number of hydrogen-bond acceptors (Lipinski definition) is 5. The van der Waals surface area contributed by atoms with Crippen molar-refractivity contribution in [2.75, 3.05) is 26.3 Å². The first-order valence-corrected chi connectivity index (χ1v) is 10.8. The molecule has 5 rings (SSSR count). The Morgan fingerprint density at radius 1 is 1.07 bits per heavy atom. The second-order valence-electron chi connectivity index (χ2n) is 7.80. The fraction of sp³-hybridized carbons (Fsp3) is 0.391. The van der Waals surface area contributed by atoms with Gasteiger partial charge in [-0.3, -0.25) is 4.79 Å². The second-order valence-corrected chi connectivity index (χ2v) is 8.23. The number of oxazole rings is 1. The highest BCUT2D eigenvalue weighted by Gasteiger charge is 2.27. The van der Waals surface area contributed by atoms with E-state index in [0.29, 0.717) is 31.1 Å². The third-order valence-electron chi connectivity index (χ3n) is 5.80. The van der Waals surface area contributed by atoms with Crippen LogP contribution in [0.3, 0.4) is 0 Å². The van der Waals surface area contributed by atoms with Crippen LogP contribution in [-0.2, 0) is 11.2 Å². The molecule has 0 aliphatic carbocycles. The van der Waals surface area contributed by atoms with E-state index in [1.807, 2.05) is 41.3 Å². The molecular weight excluding hydrogens is 404 g/mol. The Hall–Kier alpha value is -2.73. The minimum atomic E-state index is 0.188. The van der Waals surface area contributed by atoms with Gasteiger partial charge in [-0.05, 0) is 55.2 Å². The van der Waals surface area contributed by atoms with Crippen molar-refractivity contribution in [2.45, 2.75) is 31.6 Å². The van der Waals surface area contributed by atoms with Crippen molar-refractivity contribution in [3.63, 3.8) is 0 Å². The average Bonchev–Trinajstić information content (AvgIpc) is 3.20. The van der Waals surface area contributed by atoms with Crippen LogP contribution in [0.15, 0.2) is 40.8 Å². The molecule has 2 aliphatic rings. The quantitative estimate of drug-likeness (QED) is 0.610. The zero-order valence-corrected chi connectivity index (χ0v) is 17.4. The number of fused-ring (bicyclic) bond motifs is 2. The van der Waals surface area contributed by atoms with Gasteiger partial charge in [0.25, 0.3) is 0 Å². The maximum atomic E-state index is 12.7. The number of carbonyl (C=O) groups excluding carboxylic acids is 1. The summed E-state index contributed by atoms with van der Waals surface area (Å²) in [6, 6.07) is 11.4. The van der Waals surface area contributed by atoms with E-state index in [1.165, 1.54) is 0 Å². The number of piperidine rings is 1. The molecule has 7 heteroatoms. The van der Waals surface area contributed by atoms with Gasteiger partial charge < -0.3 is 18.8 Å². The number of hydrogen-bond donors (Lipinski definition) is 0. The fourth-order valence-electron chi connectivity index (χ4n) is 4.12. The molecule has 3 aromatic rings. The molecule has 0 atom stereocenters. The third-order valence-corrected chi connectivity index (χ3v) is 6.03. The van der Waals surface area contributed by atoms with E-state index < -0.39 is 0 Å². The lowest BCUT2D eigenvalue weighted by Gasteiger charge is -2.30. The molecule has 6 nitrogen and oxygen atoms in total. The number of aryl methyl sites for hydroxylation is 1. The summed E-state index contributed by atoms with van der Waals surface area (Å²) in [5, 5.41) is 0.654. The number of amides is 1. The monoisotopic (exact) mass is 426 g/mol. The summed E-state index contributed by atoms with van der Waals surface area (Å²) in [6.45, 7) is 2.60. The van der Waals surface area contributed by atoms with Crippen LogP contribution in [0.4, 0.5) is 0 Å². The van der Waals surface area contributed by atoms with Gasteiger partial charge in [-0.1, -0.05) is 17.7 Å². The minimum absolute atomic E-state index is 0.188. The summed E-state index contributed by atoms with van der Waals surface area (Å²) in [4.78, 5) is 19.3. The van der Waals surface area contributed by atoms with Gasteiger partial charge in [-0.15, -0.1) is 0 Å². The minimum Gasteiger partial charge on any atom is -0.486 e.